The minimum absolute atomic E-state index is 0.0965. The number of hydrogen-bond acceptors (Lipinski definition) is 2. The summed E-state index contributed by atoms with van der Waals surface area (Å²) in [4.78, 5) is 11.7. The summed E-state index contributed by atoms with van der Waals surface area (Å²) in [7, 11) is 0. The van der Waals surface area contributed by atoms with E-state index in [2.05, 4.69) is 19.2 Å². The summed E-state index contributed by atoms with van der Waals surface area (Å²) in [5, 5.41) is 3.11. The highest BCUT2D eigenvalue weighted by molar-refractivity contribution is 5.77. The highest BCUT2D eigenvalue weighted by atomic mass is 16.1. The lowest BCUT2D eigenvalue weighted by Crippen LogP contribution is -2.44. The smallest absolute Gasteiger partial charge is 0.222 e. The fraction of sp³-hybridized carbons (Fsp3) is 0.923. The van der Waals surface area contributed by atoms with Gasteiger partial charge in [0.25, 0.3) is 0 Å². The first-order valence-electron chi connectivity index (χ1n) is 6.36. The van der Waals surface area contributed by atoms with Gasteiger partial charge < -0.3 is 11.1 Å². The summed E-state index contributed by atoms with van der Waals surface area (Å²) in [5.74, 6) is 1.60. The van der Waals surface area contributed by atoms with E-state index in [9.17, 15) is 4.79 Å². The van der Waals surface area contributed by atoms with Gasteiger partial charge in [0, 0.05) is 18.0 Å². The SMILES string of the molecule is CC1CCC(NC(=O)CC(C)(C)N)CC1C. The van der Waals surface area contributed by atoms with Crippen LogP contribution in [0.2, 0.25) is 0 Å². The summed E-state index contributed by atoms with van der Waals surface area (Å²) >= 11 is 0. The molecule has 1 saturated carbocycles. The molecule has 0 radical (unpaired) electrons. The van der Waals surface area contributed by atoms with Crippen molar-refractivity contribution in [3.8, 4) is 0 Å². The van der Waals surface area contributed by atoms with Gasteiger partial charge in [-0.05, 0) is 44.9 Å². The first-order valence-corrected chi connectivity index (χ1v) is 6.36. The maximum atomic E-state index is 11.7. The highest BCUT2D eigenvalue weighted by Crippen LogP contribution is 2.29. The van der Waals surface area contributed by atoms with Gasteiger partial charge in [0.2, 0.25) is 5.91 Å². The lowest BCUT2D eigenvalue weighted by Gasteiger charge is -2.33. The van der Waals surface area contributed by atoms with E-state index >= 15 is 0 Å². The lowest BCUT2D eigenvalue weighted by molar-refractivity contribution is -0.123. The van der Waals surface area contributed by atoms with Crippen molar-refractivity contribution in [2.45, 2.75) is 65.0 Å². The van der Waals surface area contributed by atoms with Crippen LogP contribution in [0.25, 0.3) is 0 Å². The standard InChI is InChI=1S/C13H26N2O/c1-9-5-6-11(7-10(9)2)15-12(16)8-13(3,4)14/h9-11H,5-8,14H2,1-4H3,(H,15,16). The molecule has 1 fully saturated rings. The van der Waals surface area contributed by atoms with E-state index in [1.807, 2.05) is 13.8 Å². The average Bonchev–Trinajstić information content (AvgIpc) is 2.08. The van der Waals surface area contributed by atoms with E-state index in [0.29, 0.717) is 18.4 Å². The topological polar surface area (TPSA) is 55.1 Å². The zero-order valence-electron chi connectivity index (χ0n) is 11.0. The van der Waals surface area contributed by atoms with E-state index in [-0.39, 0.29) is 5.91 Å². The molecular formula is C13H26N2O. The molecule has 0 saturated heterocycles. The molecule has 3 N–H and O–H groups in total. The molecule has 0 aromatic rings. The third-order valence-corrected chi connectivity index (χ3v) is 3.58. The molecule has 1 rings (SSSR count). The van der Waals surface area contributed by atoms with E-state index in [0.717, 1.165) is 18.8 Å². The quantitative estimate of drug-likeness (QED) is 0.774. The van der Waals surface area contributed by atoms with Crippen LogP contribution in [0.15, 0.2) is 0 Å². The van der Waals surface area contributed by atoms with Crippen LogP contribution >= 0.6 is 0 Å². The fourth-order valence-corrected chi connectivity index (χ4v) is 2.37. The Balaban J connectivity index is 2.35. The molecule has 0 aromatic heterocycles. The third-order valence-electron chi connectivity index (χ3n) is 3.58. The van der Waals surface area contributed by atoms with Crippen LogP contribution in [0.3, 0.4) is 0 Å². The van der Waals surface area contributed by atoms with Crippen LogP contribution in [0.5, 0.6) is 0 Å². The normalized spacial score (nSPS) is 31.2. The molecular weight excluding hydrogens is 200 g/mol. The molecule has 1 amide bonds. The second-order valence-electron chi connectivity index (χ2n) is 6.20. The van der Waals surface area contributed by atoms with E-state index in [1.54, 1.807) is 0 Å². The number of nitrogens with two attached hydrogens (primary N) is 1. The van der Waals surface area contributed by atoms with E-state index in [1.165, 1.54) is 6.42 Å². The van der Waals surface area contributed by atoms with Gasteiger partial charge in [-0.2, -0.15) is 0 Å². The van der Waals surface area contributed by atoms with Crippen molar-refractivity contribution >= 4 is 5.91 Å². The molecule has 1 aliphatic rings. The lowest BCUT2D eigenvalue weighted by atomic mass is 9.79. The number of rotatable bonds is 3. The molecule has 1 aliphatic carbocycles. The van der Waals surface area contributed by atoms with Crippen molar-refractivity contribution in [3.63, 3.8) is 0 Å². The van der Waals surface area contributed by atoms with E-state index < -0.39 is 5.54 Å². The summed E-state index contributed by atoms with van der Waals surface area (Å²) < 4.78 is 0. The van der Waals surface area contributed by atoms with Crippen molar-refractivity contribution in [1.29, 1.82) is 0 Å². The van der Waals surface area contributed by atoms with Crippen molar-refractivity contribution < 1.29 is 4.79 Å². The molecule has 3 heteroatoms. The Kier molecular flexibility index (Phi) is 4.36. The first-order chi connectivity index (χ1) is 7.28. The van der Waals surface area contributed by atoms with Gasteiger partial charge in [0.15, 0.2) is 0 Å². The molecule has 16 heavy (non-hydrogen) atoms. The number of hydrogen-bond donors (Lipinski definition) is 2. The van der Waals surface area contributed by atoms with E-state index in [4.69, 9.17) is 5.73 Å². The molecule has 3 unspecified atom stereocenters. The largest absolute Gasteiger partial charge is 0.353 e. The predicted octanol–water partition coefficient (Wildman–Crippen LogP) is 2.05. The molecule has 0 spiro atoms. The number of nitrogens with one attached hydrogen (secondary N) is 1. The number of carbonyl (C=O) groups excluding carboxylic acids is 1. The van der Waals surface area contributed by atoms with Gasteiger partial charge in [-0.3, -0.25) is 4.79 Å². The molecule has 94 valence electrons. The number of amides is 1. The molecule has 3 nitrogen and oxygen atoms in total. The Labute approximate surface area is 99.2 Å². The van der Waals surface area contributed by atoms with Crippen molar-refractivity contribution in [2.75, 3.05) is 0 Å². The minimum Gasteiger partial charge on any atom is -0.353 e. The van der Waals surface area contributed by atoms with Crippen LogP contribution in [-0.4, -0.2) is 17.5 Å². The van der Waals surface area contributed by atoms with Gasteiger partial charge in [0.1, 0.15) is 0 Å². The van der Waals surface area contributed by atoms with Crippen LogP contribution in [0, 0.1) is 11.8 Å². The Morgan fingerprint density at radius 1 is 1.31 bits per heavy atom. The second-order valence-corrected chi connectivity index (χ2v) is 6.20. The molecule has 0 aliphatic heterocycles. The van der Waals surface area contributed by atoms with Gasteiger partial charge in [-0.25, -0.2) is 0 Å². The zero-order chi connectivity index (χ0) is 12.3. The van der Waals surface area contributed by atoms with Crippen LogP contribution < -0.4 is 11.1 Å². The van der Waals surface area contributed by atoms with Crippen LogP contribution in [0.1, 0.15) is 53.4 Å². The second kappa shape index (κ2) is 5.17. The fourth-order valence-electron chi connectivity index (χ4n) is 2.37. The summed E-state index contributed by atoms with van der Waals surface area (Å²) in [6, 6.07) is 0.362. The Hall–Kier alpha value is -0.570. The van der Waals surface area contributed by atoms with Gasteiger partial charge in [-0.1, -0.05) is 13.8 Å². The van der Waals surface area contributed by atoms with Crippen molar-refractivity contribution in [1.82, 2.24) is 5.32 Å². The summed E-state index contributed by atoms with van der Waals surface area (Å²) in [5.41, 5.74) is 5.42. The van der Waals surface area contributed by atoms with Crippen molar-refractivity contribution in [2.24, 2.45) is 17.6 Å². The third kappa shape index (κ3) is 4.52. The predicted molar refractivity (Wildman–Crippen MR) is 67.0 cm³/mol. The monoisotopic (exact) mass is 226 g/mol. The minimum atomic E-state index is -0.405. The maximum Gasteiger partial charge on any atom is 0.222 e. The van der Waals surface area contributed by atoms with Gasteiger partial charge in [0.05, 0.1) is 0 Å². The Morgan fingerprint density at radius 3 is 2.44 bits per heavy atom. The average molecular weight is 226 g/mol. The maximum absolute atomic E-state index is 11.7. The van der Waals surface area contributed by atoms with Crippen LogP contribution in [-0.2, 0) is 4.79 Å². The van der Waals surface area contributed by atoms with Gasteiger partial charge >= 0.3 is 0 Å². The number of carbonyl (C=O) groups is 1. The molecule has 0 heterocycles. The summed E-state index contributed by atoms with van der Waals surface area (Å²) in [6.45, 7) is 8.35. The summed E-state index contributed by atoms with van der Waals surface area (Å²) in [6.07, 6.45) is 3.85. The highest BCUT2D eigenvalue weighted by Gasteiger charge is 2.26. The Morgan fingerprint density at radius 2 is 1.94 bits per heavy atom. The molecule has 0 aromatic carbocycles. The van der Waals surface area contributed by atoms with Gasteiger partial charge in [-0.15, -0.1) is 0 Å². The molecule has 0 bridgehead atoms. The van der Waals surface area contributed by atoms with Crippen LogP contribution in [0.4, 0.5) is 0 Å². The van der Waals surface area contributed by atoms with Crippen molar-refractivity contribution in [3.05, 3.63) is 0 Å². The first kappa shape index (κ1) is 13.5. The molecule has 3 atom stereocenters. The Bertz CT molecular complexity index is 245. The zero-order valence-corrected chi connectivity index (χ0v) is 11.0.